The predicted molar refractivity (Wildman–Crippen MR) is 91.8 cm³/mol. The number of aryl methyl sites for hydroxylation is 1. The molecule has 1 fully saturated rings. The summed E-state index contributed by atoms with van der Waals surface area (Å²) >= 11 is 0. The highest BCUT2D eigenvalue weighted by atomic mass is 19.1. The number of carbonyl (C=O) groups excluding carboxylic acids is 2. The minimum Gasteiger partial charge on any atom is -0.349 e. The van der Waals surface area contributed by atoms with Crippen LogP contribution in [0.25, 0.3) is 0 Å². The Bertz CT molecular complexity index is 579. The molecule has 0 aromatic heterocycles. The Morgan fingerprint density at radius 2 is 2.17 bits per heavy atom. The third-order valence-corrected chi connectivity index (χ3v) is 3.99. The van der Waals surface area contributed by atoms with Crippen LogP contribution in [0, 0.1) is 0 Å². The molecule has 0 aliphatic carbocycles. The fourth-order valence-corrected chi connectivity index (χ4v) is 2.60. The van der Waals surface area contributed by atoms with Crippen molar-refractivity contribution in [1.82, 2.24) is 15.5 Å². The summed E-state index contributed by atoms with van der Waals surface area (Å²) in [7, 11) is 3.46. The van der Waals surface area contributed by atoms with Gasteiger partial charge in [0.2, 0.25) is 5.91 Å². The largest absolute Gasteiger partial charge is 0.349 e. The van der Waals surface area contributed by atoms with Gasteiger partial charge in [0.05, 0.1) is 0 Å². The van der Waals surface area contributed by atoms with Gasteiger partial charge in [0, 0.05) is 45.3 Å². The maximum atomic E-state index is 13.1. The summed E-state index contributed by atoms with van der Waals surface area (Å²) in [6.07, 6.45) is 0.648. The Balaban J connectivity index is 1.78. The standard InChI is InChI=1S/C17H25FN4O2/c1-22(2)16(23)7-6-12-4-3-5-14(8-12)21-17(24)20-11-15-9-13(18)10-19-15/h3-5,8,13,15,19H,6-7,9-11H2,1-2H3,(H2,20,21,24)/t13-,15-/m0/s1. The molecule has 3 amide bonds. The zero-order valence-electron chi connectivity index (χ0n) is 14.1. The molecule has 0 bridgehead atoms. The summed E-state index contributed by atoms with van der Waals surface area (Å²) in [6.45, 7) is 0.741. The molecule has 1 aliphatic heterocycles. The molecule has 0 radical (unpaired) electrons. The first-order valence-corrected chi connectivity index (χ1v) is 8.15. The van der Waals surface area contributed by atoms with Crippen molar-refractivity contribution in [3.63, 3.8) is 0 Å². The van der Waals surface area contributed by atoms with Gasteiger partial charge in [-0.2, -0.15) is 0 Å². The monoisotopic (exact) mass is 336 g/mol. The molecule has 0 unspecified atom stereocenters. The molecule has 1 aromatic carbocycles. The Kier molecular flexibility index (Phi) is 6.54. The number of hydrogen-bond acceptors (Lipinski definition) is 3. The zero-order valence-corrected chi connectivity index (χ0v) is 14.1. The second kappa shape index (κ2) is 8.63. The van der Waals surface area contributed by atoms with Gasteiger partial charge in [-0.3, -0.25) is 4.79 Å². The van der Waals surface area contributed by atoms with Gasteiger partial charge in [-0.15, -0.1) is 0 Å². The molecule has 1 heterocycles. The highest BCUT2D eigenvalue weighted by Crippen LogP contribution is 2.13. The van der Waals surface area contributed by atoms with Crippen molar-refractivity contribution < 1.29 is 14.0 Å². The first kappa shape index (κ1) is 18.2. The number of carbonyl (C=O) groups is 2. The van der Waals surface area contributed by atoms with Gasteiger partial charge in [-0.1, -0.05) is 12.1 Å². The number of rotatable bonds is 6. The maximum absolute atomic E-state index is 13.1. The minimum absolute atomic E-state index is 0.0193. The van der Waals surface area contributed by atoms with E-state index in [9.17, 15) is 14.0 Å². The van der Waals surface area contributed by atoms with Gasteiger partial charge in [0.25, 0.3) is 0 Å². The highest BCUT2D eigenvalue weighted by Gasteiger charge is 2.23. The van der Waals surface area contributed by atoms with Crippen LogP contribution < -0.4 is 16.0 Å². The van der Waals surface area contributed by atoms with E-state index in [1.165, 1.54) is 0 Å². The number of urea groups is 1. The van der Waals surface area contributed by atoms with Gasteiger partial charge in [-0.05, 0) is 30.5 Å². The first-order chi connectivity index (χ1) is 11.4. The van der Waals surface area contributed by atoms with Crippen LogP contribution in [0.15, 0.2) is 24.3 Å². The summed E-state index contributed by atoms with van der Waals surface area (Å²) in [4.78, 5) is 25.1. The van der Waals surface area contributed by atoms with E-state index in [0.717, 1.165) is 5.56 Å². The van der Waals surface area contributed by atoms with E-state index in [2.05, 4.69) is 16.0 Å². The smallest absolute Gasteiger partial charge is 0.319 e. The lowest BCUT2D eigenvalue weighted by Gasteiger charge is -2.13. The lowest BCUT2D eigenvalue weighted by molar-refractivity contribution is -0.128. The van der Waals surface area contributed by atoms with Gasteiger partial charge in [0.15, 0.2) is 0 Å². The Morgan fingerprint density at radius 1 is 1.38 bits per heavy atom. The van der Waals surface area contributed by atoms with Gasteiger partial charge >= 0.3 is 6.03 Å². The molecule has 1 aliphatic rings. The van der Waals surface area contributed by atoms with Crippen molar-refractivity contribution in [2.75, 3.05) is 32.5 Å². The van der Waals surface area contributed by atoms with Crippen molar-refractivity contribution in [2.24, 2.45) is 0 Å². The molecule has 1 aromatic rings. The lowest BCUT2D eigenvalue weighted by atomic mass is 10.1. The second-order valence-corrected chi connectivity index (χ2v) is 6.26. The number of amides is 3. The third-order valence-electron chi connectivity index (χ3n) is 3.99. The summed E-state index contributed by atoms with van der Waals surface area (Å²) in [6, 6.07) is 7.08. The molecule has 0 saturated carbocycles. The summed E-state index contributed by atoms with van der Waals surface area (Å²) in [5.41, 5.74) is 1.66. The van der Waals surface area contributed by atoms with Crippen LogP contribution in [0.5, 0.6) is 0 Å². The van der Waals surface area contributed by atoms with Crippen LogP contribution >= 0.6 is 0 Å². The molecule has 2 atom stereocenters. The second-order valence-electron chi connectivity index (χ2n) is 6.26. The van der Waals surface area contributed by atoms with Crippen LogP contribution in [-0.4, -0.2) is 56.2 Å². The van der Waals surface area contributed by atoms with E-state index in [1.54, 1.807) is 25.1 Å². The molecule has 2 rings (SSSR count). The highest BCUT2D eigenvalue weighted by molar-refractivity contribution is 5.89. The molecule has 0 spiro atoms. The normalized spacial score (nSPS) is 19.8. The Labute approximate surface area is 141 Å². The SMILES string of the molecule is CN(C)C(=O)CCc1cccc(NC(=O)NC[C@@H]2C[C@H](F)CN2)c1. The van der Waals surface area contributed by atoms with Crippen LogP contribution in [0.2, 0.25) is 0 Å². The van der Waals surface area contributed by atoms with E-state index < -0.39 is 6.17 Å². The molecule has 3 N–H and O–H groups in total. The van der Waals surface area contributed by atoms with Crippen LogP contribution in [0.4, 0.5) is 14.9 Å². The number of hydrogen-bond donors (Lipinski definition) is 3. The van der Waals surface area contributed by atoms with Crippen molar-refractivity contribution >= 4 is 17.6 Å². The lowest BCUT2D eigenvalue weighted by Crippen LogP contribution is -2.39. The summed E-state index contributed by atoms with van der Waals surface area (Å²) < 4.78 is 13.1. The quantitative estimate of drug-likeness (QED) is 0.738. The van der Waals surface area contributed by atoms with E-state index in [0.29, 0.717) is 38.0 Å². The van der Waals surface area contributed by atoms with Gasteiger partial charge in [0.1, 0.15) is 6.17 Å². The number of halogens is 1. The van der Waals surface area contributed by atoms with Gasteiger partial charge < -0.3 is 20.9 Å². The van der Waals surface area contributed by atoms with Crippen molar-refractivity contribution in [3.05, 3.63) is 29.8 Å². The fraction of sp³-hybridized carbons (Fsp3) is 0.529. The van der Waals surface area contributed by atoms with E-state index >= 15 is 0 Å². The number of alkyl halides is 1. The molecule has 24 heavy (non-hydrogen) atoms. The third kappa shape index (κ3) is 5.81. The average Bonchev–Trinajstić information content (AvgIpc) is 2.96. The van der Waals surface area contributed by atoms with E-state index in [4.69, 9.17) is 0 Å². The van der Waals surface area contributed by atoms with Crippen molar-refractivity contribution in [2.45, 2.75) is 31.5 Å². The average molecular weight is 336 g/mol. The van der Waals surface area contributed by atoms with E-state index in [-0.39, 0.29) is 18.0 Å². The van der Waals surface area contributed by atoms with Crippen LogP contribution in [-0.2, 0) is 11.2 Å². The number of nitrogens with one attached hydrogen (secondary N) is 3. The molecule has 7 heteroatoms. The Morgan fingerprint density at radius 3 is 2.83 bits per heavy atom. The fourth-order valence-electron chi connectivity index (χ4n) is 2.60. The van der Waals surface area contributed by atoms with Crippen LogP contribution in [0.1, 0.15) is 18.4 Å². The number of benzene rings is 1. The molecule has 132 valence electrons. The van der Waals surface area contributed by atoms with Crippen LogP contribution in [0.3, 0.4) is 0 Å². The molecular weight excluding hydrogens is 311 g/mol. The van der Waals surface area contributed by atoms with Gasteiger partial charge in [-0.25, -0.2) is 9.18 Å². The van der Waals surface area contributed by atoms with Crippen molar-refractivity contribution in [1.29, 1.82) is 0 Å². The first-order valence-electron chi connectivity index (χ1n) is 8.15. The number of nitrogens with zero attached hydrogens (tertiary/aromatic N) is 1. The molecular formula is C17H25FN4O2. The Hall–Kier alpha value is -2.15. The molecule has 6 nitrogen and oxygen atoms in total. The maximum Gasteiger partial charge on any atom is 0.319 e. The van der Waals surface area contributed by atoms with E-state index in [1.807, 2.05) is 18.2 Å². The topological polar surface area (TPSA) is 73.5 Å². The number of anilines is 1. The summed E-state index contributed by atoms with van der Waals surface area (Å²) in [5, 5.41) is 8.52. The minimum atomic E-state index is -0.832. The van der Waals surface area contributed by atoms with Crippen molar-refractivity contribution in [3.8, 4) is 0 Å². The molecule has 1 saturated heterocycles. The summed E-state index contributed by atoms with van der Waals surface area (Å²) in [5.74, 6) is 0.0707. The predicted octanol–water partition coefficient (Wildman–Crippen LogP) is 1.53. The zero-order chi connectivity index (χ0) is 17.5.